The molecule has 0 fully saturated rings. The minimum Gasteiger partial charge on any atom is -0.497 e. The summed E-state index contributed by atoms with van der Waals surface area (Å²) in [4.78, 5) is 18.0. The standard InChI is InChI=1S/C20H21N3O4S2/c1-4-18-13(2)28-20(21-18)22-19(24)14-6-5-7-17(12-14)29(25,26)23-15-8-10-16(27-3)11-9-15/h5-12,23H,4H2,1-3H3,(H,21,22,24). The SMILES string of the molecule is CCc1nc(NC(=O)c2cccc(S(=O)(=O)Nc3ccc(OC)cc3)c2)sc1C. The molecule has 29 heavy (non-hydrogen) atoms. The first-order chi connectivity index (χ1) is 13.8. The highest BCUT2D eigenvalue weighted by atomic mass is 32.2. The van der Waals surface area contributed by atoms with E-state index in [1.165, 1.54) is 36.6 Å². The van der Waals surface area contributed by atoms with Gasteiger partial charge in [0.15, 0.2) is 5.13 Å². The predicted octanol–water partition coefficient (Wildman–Crippen LogP) is 4.08. The van der Waals surface area contributed by atoms with Crippen molar-refractivity contribution in [3.05, 3.63) is 64.7 Å². The minimum atomic E-state index is -3.85. The van der Waals surface area contributed by atoms with Gasteiger partial charge in [0, 0.05) is 16.1 Å². The van der Waals surface area contributed by atoms with Crippen LogP contribution in [0.5, 0.6) is 5.75 Å². The van der Waals surface area contributed by atoms with Gasteiger partial charge in [0.1, 0.15) is 5.75 Å². The second kappa shape index (κ2) is 8.62. The monoisotopic (exact) mass is 431 g/mol. The molecule has 0 aliphatic carbocycles. The number of nitrogens with zero attached hydrogens (tertiary/aromatic N) is 1. The number of hydrogen-bond acceptors (Lipinski definition) is 6. The summed E-state index contributed by atoms with van der Waals surface area (Å²) >= 11 is 1.39. The average Bonchev–Trinajstić information content (AvgIpc) is 3.07. The number of carbonyl (C=O) groups is 1. The van der Waals surface area contributed by atoms with Crippen LogP contribution in [0.25, 0.3) is 0 Å². The third-order valence-corrected chi connectivity index (χ3v) is 6.50. The van der Waals surface area contributed by atoms with E-state index in [2.05, 4.69) is 15.0 Å². The molecule has 152 valence electrons. The molecule has 2 aromatic carbocycles. The Kier molecular flexibility index (Phi) is 6.19. The van der Waals surface area contributed by atoms with E-state index in [0.29, 0.717) is 16.6 Å². The molecule has 0 spiro atoms. The van der Waals surface area contributed by atoms with Gasteiger partial charge < -0.3 is 4.74 Å². The zero-order valence-electron chi connectivity index (χ0n) is 16.2. The molecule has 0 unspecified atom stereocenters. The largest absolute Gasteiger partial charge is 0.497 e. The zero-order chi connectivity index (χ0) is 21.0. The number of anilines is 2. The molecule has 1 amide bonds. The van der Waals surface area contributed by atoms with Gasteiger partial charge in [-0.1, -0.05) is 13.0 Å². The van der Waals surface area contributed by atoms with Gasteiger partial charge in [-0.3, -0.25) is 14.8 Å². The van der Waals surface area contributed by atoms with Crippen LogP contribution in [0.2, 0.25) is 0 Å². The van der Waals surface area contributed by atoms with Crippen molar-refractivity contribution in [3.8, 4) is 5.75 Å². The molecule has 1 aromatic heterocycles. The number of hydrogen-bond donors (Lipinski definition) is 2. The maximum Gasteiger partial charge on any atom is 0.261 e. The van der Waals surface area contributed by atoms with Gasteiger partial charge in [0.2, 0.25) is 0 Å². The molecule has 3 aromatic rings. The summed E-state index contributed by atoms with van der Waals surface area (Å²) in [6.45, 7) is 3.95. The Labute approximate surface area is 173 Å². The van der Waals surface area contributed by atoms with Crippen LogP contribution >= 0.6 is 11.3 Å². The number of aromatic nitrogens is 1. The van der Waals surface area contributed by atoms with Crippen molar-refractivity contribution in [2.75, 3.05) is 17.1 Å². The first kappa shape index (κ1) is 20.8. The molecule has 0 saturated carbocycles. The molecule has 7 nitrogen and oxygen atoms in total. The molecule has 9 heteroatoms. The lowest BCUT2D eigenvalue weighted by atomic mass is 10.2. The van der Waals surface area contributed by atoms with Crippen molar-refractivity contribution in [1.82, 2.24) is 4.98 Å². The Morgan fingerprint density at radius 3 is 2.52 bits per heavy atom. The van der Waals surface area contributed by atoms with Crippen LogP contribution in [-0.2, 0) is 16.4 Å². The quantitative estimate of drug-likeness (QED) is 0.588. The molecular formula is C20H21N3O4S2. The molecular weight excluding hydrogens is 410 g/mol. The van der Waals surface area contributed by atoms with Gasteiger partial charge in [0.25, 0.3) is 15.9 Å². The Morgan fingerprint density at radius 1 is 1.17 bits per heavy atom. The number of rotatable bonds is 7. The van der Waals surface area contributed by atoms with Gasteiger partial charge in [-0.05, 0) is 55.8 Å². The Balaban J connectivity index is 1.78. The molecule has 3 rings (SSSR count). The number of amides is 1. The molecule has 0 aliphatic rings. The summed E-state index contributed by atoms with van der Waals surface area (Å²) in [7, 11) is -2.32. The second-order valence-corrected chi connectivity index (χ2v) is 9.08. The Morgan fingerprint density at radius 2 is 1.90 bits per heavy atom. The highest BCUT2D eigenvalue weighted by Crippen LogP contribution is 2.24. The van der Waals surface area contributed by atoms with Crippen LogP contribution in [0, 0.1) is 6.92 Å². The van der Waals surface area contributed by atoms with Crippen LogP contribution in [-0.4, -0.2) is 26.4 Å². The predicted molar refractivity (Wildman–Crippen MR) is 114 cm³/mol. The number of nitrogens with one attached hydrogen (secondary N) is 2. The number of benzene rings is 2. The third kappa shape index (κ3) is 4.93. The molecule has 2 N–H and O–H groups in total. The fraction of sp³-hybridized carbons (Fsp3) is 0.200. The van der Waals surface area contributed by atoms with Crippen LogP contribution in [0.3, 0.4) is 0 Å². The van der Waals surface area contributed by atoms with Crippen LogP contribution in [0.1, 0.15) is 27.9 Å². The van der Waals surface area contributed by atoms with Crippen molar-refractivity contribution >= 4 is 38.1 Å². The summed E-state index contributed by atoms with van der Waals surface area (Å²) in [5.41, 5.74) is 1.56. The van der Waals surface area contributed by atoms with E-state index in [0.717, 1.165) is 17.0 Å². The first-order valence-electron chi connectivity index (χ1n) is 8.87. The smallest absolute Gasteiger partial charge is 0.261 e. The van der Waals surface area contributed by atoms with Crippen molar-refractivity contribution in [2.24, 2.45) is 0 Å². The van der Waals surface area contributed by atoms with E-state index in [-0.39, 0.29) is 10.5 Å². The van der Waals surface area contributed by atoms with E-state index < -0.39 is 15.9 Å². The maximum absolute atomic E-state index is 12.7. The van der Waals surface area contributed by atoms with E-state index in [4.69, 9.17) is 4.74 Å². The summed E-state index contributed by atoms with van der Waals surface area (Å²) < 4.78 is 32.9. The van der Waals surface area contributed by atoms with E-state index >= 15 is 0 Å². The van der Waals surface area contributed by atoms with Gasteiger partial charge in [-0.2, -0.15) is 0 Å². The maximum atomic E-state index is 12.7. The molecule has 1 heterocycles. The third-order valence-electron chi connectivity index (χ3n) is 4.20. The number of methoxy groups -OCH3 is 1. The molecule has 0 radical (unpaired) electrons. The van der Waals surface area contributed by atoms with Crippen LogP contribution in [0.15, 0.2) is 53.4 Å². The number of sulfonamides is 1. The summed E-state index contributed by atoms with van der Waals surface area (Å²) in [6.07, 6.45) is 0.781. The lowest BCUT2D eigenvalue weighted by Gasteiger charge is -2.10. The van der Waals surface area contributed by atoms with Crippen molar-refractivity contribution in [1.29, 1.82) is 0 Å². The average molecular weight is 432 g/mol. The Bertz CT molecular complexity index is 1120. The van der Waals surface area contributed by atoms with E-state index in [1.54, 1.807) is 30.3 Å². The molecule has 0 aliphatic heterocycles. The second-order valence-electron chi connectivity index (χ2n) is 6.19. The van der Waals surface area contributed by atoms with E-state index in [9.17, 15) is 13.2 Å². The van der Waals surface area contributed by atoms with Crippen molar-refractivity contribution < 1.29 is 17.9 Å². The fourth-order valence-electron chi connectivity index (χ4n) is 2.66. The number of thiazole rings is 1. The summed E-state index contributed by atoms with van der Waals surface area (Å²) in [5, 5.41) is 3.23. The first-order valence-corrected chi connectivity index (χ1v) is 11.2. The van der Waals surface area contributed by atoms with Crippen molar-refractivity contribution in [3.63, 3.8) is 0 Å². The Hall–Kier alpha value is -2.91. The molecule has 0 bridgehead atoms. The highest BCUT2D eigenvalue weighted by Gasteiger charge is 2.17. The number of aryl methyl sites for hydroxylation is 2. The fourth-order valence-corrected chi connectivity index (χ4v) is 4.66. The minimum absolute atomic E-state index is 0.00876. The molecule has 0 saturated heterocycles. The van der Waals surface area contributed by atoms with Gasteiger partial charge in [-0.25, -0.2) is 13.4 Å². The number of ether oxygens (including phenoxy) is 1. The topological polar surface area (TPSA) is 97.4 Å². The summed E-state index contributed by atoms with van der Waals surface area (Å²) in [6, 6.07) is 12.4. The number of carbonyl (C=O) groups excluding carboxylic acids is 1. The van der Waals surface area contributed by atoms with Crippen molar-refractivity contribution in [2.45, 2.75) is 25.2 Å². The van der Waals surface area contributed by atoms with E-state index in [1.807, 2.05) is 13.8 Å². The normalized spacial score (nSPS) is 11.1. The highest BCUT2D eigenvalue weighted by molar-refractivity contribution is 7.92. The lowest BCUT2D eigenvalue weighted by molar-refractivity contribution is 0.102. The van der Waals surface area contributed by atoms with Gasteiger partial charge >= 0.3 is 0 Å². The van der Waals surface area contributed by atoms with Gasteiger partial charge in [-0.15, -0.1) is 11.3 Å². The van der Waals surface area contributed by atoms with Crippen LogP contribution < -0.4 is 14.8 Å². The summed E-state index contributed by atoms with van der Waals surface area (Å²) in [5.74, 6) is 0.207. The van der Waals surface area contributed by atoms with Gasteiger partial charge in [0.05, 0.1) is 17.7 Å². The molecule has 0 atom stereocenters. The lowest BCUT2D eigenvalue weighted by Crippen LogP contribution is -2.16. The van der Waals surface area contributed by atoms with Crippen LogP contribution in [0.4, 0.5) is 10.8 Å². The zero-order valence-corrected chi connectivity index (χ0v) is 17.9.